The lowest BCUT2D eigenvalue weighted by atomic mass is 10.1. The summed E-state index contributed by atoms with van der Waals surface area (Å²) in [6.07, 6.45) is 4.09. The fourth-order valence-corrected chi connectivity index (χ4v) is 0.801. The van der Waals surface area contributed by atoms with Crippen molar-refractivity contribution >= 4 is 5.97 Å². The normalized spacial score (nSPS) is 8.46. The molecule has 72 valence electrons. The standard InChI is InChI=1S/C8H9NO2.C2H6/c10-8(11)2-1-7-3-5-9-6-4-7;1-2/h3-6H,1-2H2,(H,10,11);1-2H3. The van der Waals surface area contributed by atoms with Crippen molar-refractivity contribution < 1.29 is 9.90 Å². The Morgan fingerprint density at radius 3 is 2.38 bits per heavy atom. The molecule has 3 nitrogen and oxygen atoms in total. The maximum atomic E-state index is 10.2. The summed E-state index contributed by atoms with van der Waals surface area (Å²) in [4.78, 5) is 14.0. The van der Waals surface area contributed by atoms with Gasteiger partial charge in [-0.1, -0.05) is 13.8 Å². The molecule has 0 unspecified atom stereocenters. The molecule has 0 aliphatic heterocycles. The topological polar surface area (TPSA) is 50.2 Å². The lowest BCUT2D eigenvalue weighted by Gasteiger charge is -1.95. The SMILES string of the molecule is CC.O=C(O)CCc1ccncc1. The molecule has 13 heavy (non-hydrogen) atoms. The quantitative estimate of drug-likeness (QED) is 0.777. The van der Waals surface area contributed by atoms with E-state index >= 15 is 0 Å². The van der Waals surface area contributed by atoms with Crippen molar-refractivity contribution in [2.24, 2.45) is 0 Å². The van der Waals surface area contributed by atoms with Gasteiger partial charge in [0.25, 0.3) is 0 Å². The highest BCUT2D eigenvalue weighted by Gasteiger charge is 1.96. The Balaban J connectivity index is 0.000000671. The molecule has 3 heteroatoms. The lowest BCUT2D eigenvalue weighted by molar-refractivity contribution is -0.136. The first-order valence-electron chi connectivity index (χ1n) is 4.40. The molecule has 0 spiro atoms. The number of pyridine rings is 1. The van der Waals surface area contributed by atoms with Crippen molar-refractivity contribution in [2.75, 3.05) is 0 Å². The molecule has 0 fully saturated rings. The molecule has 1 heterocycles. The monoisotopic (exact) mass is 181 g/mol. The maximum absolute atomic E-state index is 10.2. The van der Waals surface area contributed by atoms with Gasteiger partial charge in [-0.2, -0.15) is 0 Å². The summed E-state index contributed by atoms with van der Waals surface area (Å²) in [6.45, 7) is 4.00. The Kier molecular flexibility index (Phi) is 6.51. The molecule has 0 aliphatic carbocycles. The molecular formula is C10H15NO2. The van der Waals surface area contributed by atoms with E-state index in [0.717, 1.165) is 5.56 Å². The molecular weight excluding hydrogens is 166 g/mol. The molecule has 1 rings (SSSR count). The highest BCUT2D eigenvalue weighted by atomic mass is 16.4. The van der Waals surface area contributed by atoms with Gasteiger partial charge in [0, 0.05) is 18.8 Å². The molecule has 1 aromatic rings. The second-order valence-corrected chi connectivity index (χ2v) is 2.25. The van der Waals surface area contributed by atoms with E-state index in [4.69, 9.17) is 5.11 Å². The number of carbonyl (C=O) groups is 1. The van der Waals surface area contributed by atoms with Crippen molar-refractivity contribution in [3.05, 3.63) is 30.1 Å². The van der Waals surface area contributed by atoms with E-state index in [2.05, 4.69) is 4.98 Å². The number of hydrogen-bond donors (Lipinski definition) is 1. The molecule has 0 aliphatic rings. The van der Waals surface area contributed by atoms with Crippen LogP contribution in [-0.2, 0) is 11.2 Å². The van der Waals surface area contributed by atoms with Crippen molar-refractivity contribution in [2.45, 2.75) is 26.7 Å². The number of rotatable bonds is 3. The highest BCUT2D eigenvalue weighted by molar-refractivity contribution is 5.67. The van der Waals surface area contributed by atoms with E-state index in [0.29, 0.717) is 6.42 Å². The molecule has 0 saturated carbocycles. The number of carboxylic acid groups (broad SMARTS) is 1. The van der Waals surface area contributed by atoms with Crippen molar-refractivity contribution in [3.63, 3.8) is 0 Å². The third-order valence-electron chi connectivity index (χ3n) is 1.38. The second kappa shape index (κ2) is 7.28. The third kappa shape index (κ3) is 5.84. The average molecular weight is 181 g/mol. The summed E-state index contributed by atoms with van der Waals surface area (Å²) in [6, 6.07) is 3.64. The fraction of sp³-hybridized carbons (Fsp3) is 0.400. The summed E-state index contributed by atoms with van der Waals surface area (Å²) in [5.74, 6) is -0.762. The van der Waals surface area contributed by atoms with Gasteiger partial charge in [0.15, 0.2) is 0 Å². The summed E-state index contributed by atoms with van der Waals surface area (Å²) >= 11 is 0. The number of aryl methyl sites for hydroxylation is 1. The van der Waals surface area contributed by atoms with Gasteiger partial charge in [0.05, 0.1) is 0 Å². The first-order valence-corrected chi connectivity index (χ1v) is 4.40. The van der Waals surface area contributed by atoms with E-state index in [1.807, 2.05) is 26.0 Å². The third-order valence-corrected chi connectivity index (χ3v) is 1.38. The Morgan fingerprint density at radius 2 is 1.92 bits per heavy atom. The minimum absolute atomic E-state index is 0.185. The van der Waals surface area contributed by atoms with Gasteiger partial charge in [-0.25, -0.2) is 0 Å². The number of nitrogens with zero attached hydrogens (tertiary/aromatic N) is 1. The van der Waals surface area contributed by atoms with Gasteiger partial charge in [0.1, 0.15) is 0 Å². The molecule has 1 N–H and O–H groups in total. The highest BCUT2D eigenvalue weighted by Crippen LogP contribution is 1.99. The molecule has 0 radical (unpaired) electrons. The number of aromatic nitrogens is 1. The fourth-order valence-electron chi connectivity index (χ4n) is 0.801. The van der Waals surface area contributed by atoms with Crippen LogP contribution in [0, 0.1) is 0 Å². The molecule has 1 aromatic heterocycles. The first kappa shape index (κ1) is 11.6. The van der Waals surface area contributed by atoms with Crippen LogP contribution in [0.1, 0.15) is 25.8 Å². The minimum Gasteiger partial charge on any atom is -0.481 e. The van der Waals surface area contributed by atoms with Crippen LogP contribution in [0.4, 0.5) is 0 Å². The van der Waals surface area contributed by atoms with E-state index < -0.39 is 5.97 Å². The van der Waals surface area contributed by atoms with Crippen LogP contribution >= 0.6 is 0 Å². The van der Waals surface area contributed by atoms with Gasteiger partial charge < -0.3 is 5.11 Å². The molecule has 0 amide bonds. The predicted octanol–water partition coefficient (Wildman–Crippen LogP) is 2.12. The Labute approximate surface area is 78.4 Å². The summed E-state index contributed by atoms with van der Waals surface area (Å²) in [5, 5.41) is 8.36. The first-order chi connectivity index (χ1) is 6.29. The van der Waals surface area contributed by atoms with Gasteiger partial charge >= 0.3 is 5.97 Å². The van der Waals surface area contributed by atoms with E-state index in [-0.39, 0.29) is 6.42 Å². The number of hydrogen-bond acceptors (Lipinski definition) is 2. The molecule has 0 aromatic carbocycles. The maximum Gasteiger partial charge on any atom is 0.303 e. The van der Waals surface area contributed by atoms with Gasteiger partial charge in [-0.3, -0.25) is 9.78 Å². The van der Waals surface area contributed by atoms with Crippen LogP contribution in [-0.4, -0.2) is 16.1 Å². The zero-order valence-corrected chi connectivity index (χ0v) is 8.03. The minimum atomic E-state index is -0.762. The van der Waals surface area contributed by atoms with Crippen molar-refractivity contribution in [1.82, 2.24) is 4.98 Å². The second-order valence-electron chi connectivity index (χ2n) is 2.25. The summed E-state index contributed by atoms with van der Waals surface area (Å²) in [5.41, 5.74) is 1.02. The number of carboxylic acids is 1. The summed E-state index contributed by atoms with van der Waals surface area (Å²) < 4.78 is 0. The van der Waals surface area contributed by atoms with Crippen LogP contribution in [0.5, 0.6) is 0 Å². The van der Waals surface area contributed by atoms with Crippen LogP contribution in [0.15, 0.2) is 24.5 Å². The lowest BCUT2D eigenvalue weighted by Crippen LogP contribution is -1.96. The van der Waals surface area contributed by atoms with Crippen LogP contribution < -0.4 is 0 Å². The largest absolute Gasteiger partial charge is 0.481 e. The van der Waals surface area contributed by atoms with Gasteiger partial charge in [-0.05, 0) is 24.1 Å². The van der Waals surface area contributed by atoms with E-state index in [1.54, 1.807) is 12.4 Å². The smallest absolute Gasteiger partial charge is 0.303 e. The Bertz CT molecular complexity index is 234. The van der Waals surface area contributed by atoms with Gasteiger partial charge in [0.2, 0.25) is 0 Å². The molecule has 0 saturated heterocycles. The Hall–Kier alpha value is -1.38. The zero-order valence-electron chi connectivity index (χ0n) is 8.03. The van der Waals surface area contributed by atoms with E-state index in [1.165, 1.54) is 0 Å². The van der Waals surface area contributed by atoms with Crippen molar-refractivity contribution in [3.8, 4) is 0 Å². The molecule has 0 bridgehead atoms. The zero-order chi connectivity index (χ0) is 10.1. The average Bonchev–Trinajstić information content (AvgIpc) is 2.19. The number of aliphatic carboxylic acids is 1. The predicted molar refractivity (Wildman–Crippen MR) is 51.5 cm³/mol. The van der Waals surface area contributed by atoms with Crippen LogP contribution in [0.25, 0.3) is 0 Å². The molecule has 0 atom stereocenters. The van der Waals surface area contributed by atoms with Crippen molar-refractivity contribution in [1.29, 1.82) is 0 Å². The summed E-state index contributed by atoms with van der Waals surface area (Å²) in [7, 11) is 0. The van der Waals surface area contributed by atoms with Crippen LogP contribution in [0.2, 0.25) is 0 Å². The van der Waals surface area contributed by atoms with E-state index in [9.17, 15) is 4.79 Å². The van der Waals surface area contributed by atoms with Crippen LogP contribution in [0.3, 0.4) is 0 Å². The van der Waals surface area contributed by atoms with Gasteiger partial charge in [-0.15, -0.1) is 0 Å². The Morgan fingerprint density at radius 1 is 1.38 bits per heavy atom.